The number of benzene rings is 1. The van der Waals surface area contributed by atoms with Crippen molar-refractivity contribution in [2.24, 2.45) is 11.7 Å². The third kappa shape index (κ3) is 3.00. The highest BCUT2D eigenvalue weighted by Crippen LogP contribution is 2.32. The first-order valence-electron chi connectivity index (χ1n) is 5.89. The summed E-state index contributed by atoms with van der Waals surface area (Å²) >= 11 is 3.49. The van der Waals surface area contributed by atoms with Crippen LogP contribution in [0.4, 0.5) is 0 Å². The minimum absolute atomic E-state index is 0.0844. The van der Waals surface area contributed by atoms with Crippen LogP contribution in [0.15, 0.2) is 22.7 Å². The molecule has 1 saturated heterocycles. The molecule has 1 fully saturated rings. The van der Waals surface area contributed by atoms with Crippen molar-refractivity contribution in [3.63, 3.8) is 0 Å². The smallest absolute Gasteiger partial charge is 0.133 e. The summed E-state index contributed by atoms with van der Waals surface area (Å²) in [4.78, 5) is 0. The van der Waals surface area contributed by atoms with Crippen LogP contribution < -0.4 is 10.5 Å². The van der Waals surface area contributed by atoms with Gasteiger partial charge in [-0.15, -0.1) is 0 Å². The zero-order chi connectivity index (χ0) is 12.3. The van der Waals surface area contributed by atoms with Gasteiger partial charge in [-0.1, -0.05) is 6.07 Å². The molecule has 0 amide bonds. The largest absolute Gasteiger partial charge is 0.496 e. The minimum atomic E-state index is 0.0844. The Hall–Kier alpha value is -0.580. The zero-order valence-electron chi connectivity index (χ0n) is 9.99. The molecule has 1 heterocycles. The van der Waals surface area contributed by atoms with Crippen LogP contribution in [0.25, 0.3) is 0 Å². The molecule has 1 aromatic carbocycles. The van der Waals surface area contributed by atoms with Crippen LogP contribution in [0.5, 0.6) is 5.75 Å². The molecule has 1 aliphatic rings. The normalized spacial score (nSPS) is 19.0. The maximum atomic E-state index is 6.31. The van der Waals surface area contributed by atoms with E-state index in [9.17, 15) is 0 Å². The van der Waals surface area contributed by atoms with E-state index < -0.39 is 0 Å². The molecule has 0 bridgehead atoms. The van der Waals surface area contributed by atoms with Crippen molar-refractivity contribution in [1.82, 2.24) is 0 Å². The molecule has 94 valence electrons. The average Bonchev–Trinajstić information content (AvgIpc) is 2.39. The molecule has 1 unspecified atom stereocenters. The lowest BCUT2D eigenvalue weighted by atomic mass is 9.88. The number of rotatable bonds is 3. The van der Waals surface area contributed by atoms with Crippen LogP contribution in [-0.4, -0.2) is 20.3 Å². The van der Waals surface area contributed by atoms with E-state index in [-0.39, 0.29) is 6.04 Å². The molecule has 3 nitrogen and oxygen atoms in total. The molecule has 0 radical (unpaired) electrons. The molecule has 1 aliphatic heterocycles. The van der Waals surface area contributed by atoms with E-state index in [1.807, 2.05) is 12.1 Å². The lowest BCUT2D eigenvalue weighted by Crippen LogP contribution is -2.27. The van der Waals surface area contributed by atoms with Gasteiger partial charge in [0.25, 0.3) is 0 Å². The van der Waals surface area contributed by atoms with E-state index >= 15 is 0 Å². The molecule has 17 heavy (non-hydrogen) atoms. The molecule has 2 N–H and O–H groups in total. The lowest BCUT2D eigenvalue weighted by molar-refractivity contribution is 0.0583. The Kier molecular flexibility index (Phi) is 4.42. The van der Waals surface area contributed by atoms with Crippen molar-refractivity contribution < 1.29 is 9.47 Å². The fourth-order valence-electron chi connectivity index (χ4n) is 2.24. The van der Waals surface area contributed by atoms with Gasteiger partial charge in [-0.25, -0.2) is 0 Å². The summed E-state index contributed by atoms with van der Waals surface area (Å²) in [6, 6.07) is 6.14. The first-order valence-corrected chi connectivity index (χ1v) is 6.68. The molecule has 1 atom stereocenters. The Labute approximate surface area is 110 Å². The van der Waals surface area contributed by atoms with Crippen molar-refractivity contribution in [2.75, 3.05) is 20.3 Å². The third-order valence-corrected chi connectivity index (χ3v) is 3.95. The topological polar surface area (TPSA) is 44.5 Å². The van der Waals surface area contributed by atoms with Crippen LogP contribution >= 0.6 is 15.9 Å². The Morgan fingerprint density at radius 3 is 2.71 bits per heavy atom. The van der Waals surface area contributed by atoms with Gasteiger partial charge in [0.15, 0.2) is 0 Å². The van der Waals surface area contributed by atoms with Gasteiger partial charge in [-0.2, -0.15) is 0 Å². The first kappa shape index (κ1) is 12.9. The maximum Gasteiger partial charge on any atom is 0.133 e. The molecule has 4 heteroatoms. The zero-order valence-corrected chi connectivity index (χ0v) is 11.6. The third-order valence-electron chi connectivity index (χ3n) is 3.33. The Bertz CT molecular complexity index is 378. The van der Waals surface area contributed by atoms with Gasteiger partial charge in [-0.05, 0) is 52.4 Å². The quantitative estimate of drug-likeness (QED) is 0.933. The summed E-state index contributed by atoms with van der Waals surface area (Å²) in [6.07, 6.45) is 2.09. The van der Waals surface area contributed by atoms with Crippen molar-refractivity contribution in [3.8, 4) is 5.75 Å². The van der Waals surface area contributed by atoms with Crippen LogP contribution in [-0.2, 0) is 4.74 Å². The Morgan fingerprint density at radius 2 is 2.12 bits per heavy atom. The number of hydrogen-bond donors (Lipinski definition) is 1. The molecule has 0 aliphatic carbocycles. The second-order valence-electron chi connectivity index (χ2n) is 4.37. The van der Waals surface area contributed by atoms with E-state index in [4.69, 9.17) is 15.2 Å². The summed E-state index contributed by atoms with van der Waals surface area (Å²) in [5.74, 6) is 1.36. The van der Waals surface area contributed by atoms with Crippen LogP contribution in [0.2, 0.25) is 0 Å². The molecule has 0 spiro atoms. The van der Waals surface area contributed by atoms with Crippen LogP contribution in [0.3, 0.4) is 0 Å². The van der Waals surface area contributed by atoms with Gasteiger partial charge in [0.05, 0.1) is 11.6 Å². The van der Waals surface area contributed by atoms with Gasteiger partial charge in [0.1, 0.15) is 5.75 Å². The molecule has 2 rings (SSSR count). The number of halogens is 1. The van der Waals surface area contributed by atoms with Crippen molar-refractivity contribution >= 4 is 15.9 Å². The van der Waals surface area contributed by atoms with Crippen molar-refractivity contribution in [1.29, 1.82) is 0 Å². The van der Waals surface area contributed by atoms with Crippen LogP contribution in [0, 0.1) is 5.92 Å². The van der Waals surface area contributed by atoms with Gasteiger partial charge in [0, 0.05) is 19.3 Å². The van der Waals surface area contributed by atoms with E-state index in [2.05, 4.69) is 22.0 Å². The predicted octanol–water partition coefficient (Wildman–Crippen LogP) is 2.88. The first-order chi connectivity index (χ1) is 8.22. The highest BCUT2D eigenvalue weighted by atomic mass is 79.9. The Morgan fingerprint density at radius 1 is 1.41 bits per heavy atom. The summed E-state index contributed by atoms with van der Waals surface area (Å²) in [5, 5.41) is 0. The fourth-order valence-corrected chi connectivity index (χ4v) is 2.80. The number of ether oxygens (including phenoxy) is 2. The monoisotopic (exact) mass is 299 g/mol. The SMILES string of the molecule is COc1ccc(C(N)C2CCOCC2)cc1Br. The van der Waals surface area contributed by atoms with Gasteiger partial charge < -0.3 is 15.2 Å². The van der Waals surface area contributed by atoms with E-state index in [1.54, 1.807) is 7.11 Å². The number of methoxy groups -OCH3 is 1. The molecular weight excluding hydrogens is 282 g/mol. The van der Waals surface area contributed by atoms with Crippen molar-refractivity contribution in [2.45, 2.75) is 18.9 Å². The standard InChI is InChI=1S/C13H18BrNO2/c1-16-12-3-2-10(8-11(12)14)13(15)9-4-6-17-7-5-9/h2-3,8-9,13H,4-7,15H2,1H3. The Balaban J connectivity index is 2.12. The van der Waals surface area contributed by atoms with Gasteiger partial charge in [-0.3, -0.25) is 0 Å². The second kappa shape index (κ2) is 5.85. The number of nitrogens with two attached hydrogens (primary N) is 1. The van der Waals surface area contributed by atoms with E-state index in [0.717, 1.165) is 41.8 Å². The summed E-state index contributed by atoms with van der Waals surface area (Å²) < 4.78 is 11.5. The number of hydrogen-bond acceptors (Lipinski definition) is 3. The highest BCUT2D eigenvalue weighted by Gasteiger charge is 2.22. The minimum Gasteiger partial charge on any atom is -0.496 e. The van der Waals surface area contributed by atoms with E-state index in [0.29, 0.717) is 5.92 Å². The van der Waals surface area contributed by atoms with E-state index in [1.165, 1.54) is 0 Å². The maximum absolute atomic E-state index is 6.31. The van der Waals surface area contributed by atoms with Gasteiger partial charge in [0.2, 0.25) is 0 Å². The van der Waals surface area contributed by atoms with Gasteiger partial charge >= 0.3 is 0 Å². The highest BCUT2D eigenvalue weighted by molar-refractivity contribution is 9.10. The van der Waals surface area contributed by atoms with Crippen LogP contribution in [0.1, 0.15) is 24.4 Å². The predicted molar refractivity (Wildman–Crippen MR) is 71.2 cm³/mol. The molecule has 0 aromatic heterocycles. The molecular formula is C13H18BrNO2. The second-order valence-corrected chi connectivity index (χ2v) is 5.22. The summed E-state index contributed by atoms with van der Waals surface area (Å²) in [7, 11) is 1.66. The molecule has 1 aromatic rings. The lowest BCUT2D eigenvalue weighted by Gasteiger charge is -2.28. The fraction of sp³-hybridized carbons (Fsp3) is 0.538. The van der Waals surface area contributed by atoms with Crippen molar-refractivity contribution in [3.05, 3.63) is 28.2 Å². The average molecular weight is 300 g/mol. The summed E-state index contributed by atoms with van der Waals surface area (Å²) in [6.45, 7) is 1.66. The molecule has 0 saturated carbocycles. The summed E-state index contributed by atoms with van der Waals surface area (Å²) in [5.41, 5.74) is 7.47.